The normalized spacial score (nSPS) is 11.6. The van der Waals surface area contributed by atoms with E-state index in [9.17, 15) is 18.0 Å². The molecule has 82 valence electrons. The van der Waals surface area contributed by atoms with Gasteiger partial charge in [-0.1, -0.05) is 11.6 Å². The molecule has 0 bridgehead atoms. The van der Waals surface area contributed by atoms with Crippen LogP contribution in [0.5, 0.6) is 0 Å². The van der Waals surface area contributed by atoms with Crippen LogP contribution in [0.25, 0.3) is 0 Å². The van der Waals surface area contributed by atoms with Crippen molar-refractivity contribution in [2.45, 2.75) is 20.0 Å². The summed E-state index contributed by atoms with van der Waals surface area (Å²) < 4.78 is 36.3. The van der Waals surface area contributed by atoms with E-state index in [-0.39, 0.29) is 5.56 Å². The van der Waals surface area contributed by atoms with Gasteiger partial charge in [-0.25, -0.2) is 0 Å². The number of rotatable bonds is 1. The van der Waals surface area contributed by atoms with E-state index < -0.39 is 12.0 Å². The first-order chi connectivity index (χ1) is 6.73. The lowest BCUT2D eigenvalue weighted by Crippen LogP contribution is -2.22. The molecule has 1 nitrogen and oxygen atoms in total. The molecule has 0 heterocycles. The van der Waals surface area contributed by atoms with E-state index in [1.807, 2.05) is 0 Å². The van der Waals surface area contributed by atoms with Crippen molar-refractivity contribution in [1.29, 1.82) is 0 Å². The van der Waals surface area contributed by atoms with Crippen LogP contribution in [0.3, 0.4) is 0 Å². The summed E-state index contributed by atoms with van der Waals surface area (Å²) in [4.78, 5) is 10.9. The number of carbonyl (C=O) groups is 1. The predicted octanol–water partition coefficient (Wildman–Crippen LogP) is 3.70. The third kappa shape index (κ3) is 2.50. The van der Waals surface area contributed by atoms with Gasteiger partial charge in [-0.2, -0.15) is 13.2 Å². The van der Waals surface area contributed by atoms with Crippen LogP contribution in [0.15, 0.2) is 12.1 Å². The van der Waals surface area contributed by atoms with Gasteiger partial charge in [0.15, 0.2) is 0 Å². The monoisotopic (exact) mass is 236 g/mol. The van der Waals surface area contributed by atoms with Gasteiger partial charge in [-0.3, -0.25) is 4.79 Å². The second-order valence-electron chi connectivity index (χ2n) is 3.25. The Morgan fingerprint density at radius 3 is 1.93 bits per heavy atom. The Morgan fingerprint density at radius 1 is 1.20 bits per heavy atom. The minimum absolute atomic E-state index is 0.373. The standard InChI is InChI=1S/C10H8ClF3O/c1-5-3-7(4-6(2)8(5)11)9(15)10(12,13)14/h3-4H,1-2H3. The maximum atomic E-state index is 12.1. The number of halogens is 4. The van der Waals surface area contributed by atoms with Crippen LogP contribution in [-0.4, -0.2) is 12.0 Å². The van der Waals surface area contributed by atoms with Gasteiger partial charge in [0.25, 0.3) is 5.78 Å². The van der Waals surface area contributed by atoms with E-state index in [0.29, 0.717) is 16.1 Å². The molecule has 5 heteroatoms. The van der Waals surface area contributed by atoms with Crippen molar-refractivity contribution in [1.82, 2.24) is 0 Å². The summed E-state index contributed by atoms with van der Waals surface area (Å²) in [6.07, 6.45) is -4.84. The van der Waals surface area contributed by atoms with Crippen molar-refractivity contribution in [3.8, 4) is 0 Å². The molecule has 0 aliphatic carbocycles. The zero-order chi connectivity index (χ0) is 11.8. The minimum Gasteiger partial charge on any atom is -0.284 e. The van der Waals surface area contributed by atoms with Crippen molar-refractivity contribution in [2.24, 2.45) is 0 Å². The number of hydrogen-bond acceptors (Lipinski definition) is 1. The lowest BCUT2D eigenvalue weighted by Gasteiger charge is -2.08. The molecular weight excluding hydrogens is 229 g/mol. The molecule has 0 atom stereocenters. The summed E-state index contributed by atoms with van der Waals surface area (Å²) in [5.41, 5.74) is 0.551. The second kappa shape index (κ2) is 3.85. The maximum absolute atomic E-state index is 12.1. The highest BCUT2D eigenvalue weighted by atomic mass is 35.5. The molecule has 0 aliphatic rings. The van der Waals surface area contributed by atoms with Gasteiger partial charge in [0.2, 0.25) is 0 Å². The van der Waals surface area contributed by atoms with Crippen LogP contribution in [0, 0.1) is 13.8 Å². The largest absolute Gasteiger partial charge is 0.454 e. The number of aryl methyl sites for hydroxylation is 2. The Bertz CT molecular complexity index is 387. The van der Waals surface area contributed by atoms with Gasteiger partial charge in [-0.15, -0.1) is 0 Å². The van der Waals surface area contributed by atoms with Gasteiger partial charge in [0, 0.05) is 10.6 Å². The van der Waals surface area contributed by atoms with Crippen LogP contribution < -0.4 is 0 Å². The first-order valence-corrected chi connectivity index (χ1v) is 4.49. The molecule has 0 amide bonds. The predicted molar refractivity (Wildman–Crippen MR) is 51.3 cm³/mol. The summed E-state index contributed by atoms with van der Waals surface area (Å²) in [5, 5.41) is 0.383. The molecule has 0 spiro atoms. The minimum atomic E-state index is -4.84. The highest BCUT2D eigenvalue weighted by Crippen LogP contribution is 2.26. The Hall–Kier alpha value is -1.03. The maximum Gasteiger partial charge on any atom is 0.454 e. The molecule has 0 unspecified atom stereocenters. The van der Waals surface area contributed by atoms with E-state index in [0.717, 1.165) is 12.1 Å². The van der Waals surface area contributed by atoms with Crippen molar-refractivity contribution >= 4 is 17.4 Å². The lowest BCUT2D eigenvalue weighted by molar-refractivity contribution is -0.0885. The fourth-order valence-corrected chi connectivity index (χ4v) is 1.35. The van der Waals surface area contributed by atoms with Crippen LogP contribution >= 0.6 is 11.6 Å². The smallest absolute Gasteiger partial charge is 0.284 e. The topological polar surface area (TPSA) is 17.1 Å². The third-order valence-corrected chi connectivity index (χ3v) is 2.55. The van der Waals surface area contributed by atoms with Crippen LogP contribution in [-0.2, 0) is 0 Å². The number of benzene rings is 1. The summed E-state index contributed by atoms with van der Waals surface area (Å²) in [5.74, 6) is -1.84. The number of carbonyl (C=O) groups excluding carboxylic acids is 1. The van der Waals surface area contributed by atoms with E-state index >= 15 is 0 Å². The number of ketones is 1. The molecule has 0 aromatic heterocycles. The van der Waals surface area contributed by atoms with E-state index in [1.54, 1.807) is 13.8 Å². The fraction of sp³-hybridized carbons (Fsp3) is 0.300. The first kappa shape index (κ1) is 12.0. The number of alkyl halides is 3. The Labute approximate surface area is 89.9 Å². The third-order valence-electron chi connectivity index (χ3n) is 1.96. The Kier molecular flexibility index (Phi) is 3.09. The van der Waals surface area contributed by atoms with Gasteiger partial charge in [0.05, 0.1) is 0 Å². The molecule has 0 fully saturated rings. The quantitative estimate of drug-likeness (QED) is 0.680. The molecule has 15 heavy (non-hydrogen) atoms. The van der Waals surface area contributed by atoms with Gasteiger partial charge in [0.1, 0.15) is 0 Å². The van der Waals surface area contributed by atoms with Crippen molar-refractivity contribution in [3.63, 3.8) is 0 Å². The molecule has 0 saturated carbocycles. The van der Waals surface area contributed by atoms with Gasteiger partial charge >= 0.3 is 6.18 Å². The SMILES string of the molecule is Cc1cc(C(=O)C(F)(F)F)cc(C)c1Cl. The van der Waals surface area contributed by atoms with Crippen LogP contribution in [0.2, 0.25) is 5.02 Å². The van der Waals surface area contributed by atoms with E-state index in [1.165, 1.54) is 0 Å². The average molecular weight is 237 g/mol. The zero-order valence-electron chi connectivity index (χ0n) is 8.07. The van der Waals surface area contributed by atoms with Crippen molar-refractivity contribution < 1.29 is 18.0 Å². The second-order valence-corrected chi connectivity index (χ2v) is 3.63. The van der Waals surface area contributed by atoms with Gasteiger partial charge in [-0.05, 0) is 37.1 Å². The number of hydrogen-bond donors (Lipinski definition) is 0. The average Bonchev–Trinajstić information content (AvgIpc) is 2.10. The summed E-state index contributed by atoms with van der Waals surface area (Å²) in [6.45, 7) is 3.12. The highest BCUT2D eigenvalue weighted by Gasteiger charge is 2.39. The molecule has 0 radical (unpaired) electrons. The Morgan fingerprint density at radius 2 is 1.60 bits per heavy atom. The highest BCUT2D eigenvalue weighted by molar-refractivity contribution is 6.32. The van der Waals surface area contributed by atoms with Crippen molar-refractivity contribution in [2.75, 3.05) is 0 Å². The van der Waals surface area contributed by atoms with Gasteiger partial charge < -0.3 is 0 Å². The van der Waals surface area contributed by atoms with Crippen LogP contribution in [0.1, 0.15) is 21.5 Å². The van der Waals surface area contributed by atoms with E-state index in [4.69, 9.17) is 11.6 Å². The molecule has 0 aliphatic heterocycles. The number of Topliss-reactive ketones (excluding diaryl/α,β-unsaturated/α-hetero) is 1. The lowest BCUT2D eigenvalue weighted by atomic mass is 10.0. The first-order valence-electron chi connectivity index (χ1n) is 4.11. The summed E-state index contributed by atoms with van der Waals surface area (Å²) in [7, 11) is 0. The zero-order valence-corrected chi connectivity index (χ0v) is 8.83. The molecular formula is C10H8ClF3O. The summed E-state index contributed by atoms with van der Waals surface area (Å²) >= 11 is 5.78. The summed E-state index contributed by atoms with van der Waals surface area (Å²) in [6, 6.07) is 2.29. The molecule has 1 aromatic carbocycles. The molecule has 0 N–H and O–H groups in total. The fourth-order valence-electron chi connectivity index (χ4n) is 1.24. The molecule has 1 rings (SSSR count). The molecule has 1 aromatic rings. The van der Waals surface area contributed by atoms with Crippen molar-refractivity contribution in [3.05, 3.63) is 33.8 Å². The Balaban J connectivity index is 3.24. The van der Waals surface area contributed by atoms with E-state index in [2.05, 4.69) is 0 Å². The van der Waals surface area contributed by atoms with Crippen LogP contribution in [0.4, 0.5) is 13.2 Å². The molecule has 0 saturated heterocycles.